The van der Waals surface area contributed by atoms with Crippen LogP contribution in [0.4, 0.5) is 11.4 Å². The molecule has 3 N–H and O–H groups in total. The summed E-state index contributed by atoms with van der Waals surface area (Å²) in [6, 6.07) is 12.2. The van der Waals surface area contributed by atoms with E-state index in [4.69, 9.17) is 17.0 Å². The molecule has 2 amide bonds. The summed E-state index contributed by atoms with van der Waals surface area (Å²) in [5.74, 6) is 0.284. The number of carbonyl (C=O) groups is 2. The van der Waals surface area contributed by atoms with Crippen LogP contribution < -0.4 is 20.7 Å². The summed E-state index contributed by atoms with van der Waals surface area (Å²) in [5.41, 5.74) is 1.76. The standard InChI is InChI=1S/C20H22BrN3O3S/c1-3-6-18(25)22-14-7-5-8-15(12-14)23-20(28)24-19(26)13-9-10-17(27-4-2)16(21)11-13/h5,7-12H,3-4,6H2,1-2H3,(H,22,25)(H2,23,24,26,28). The molecule has 0 atom stereocenters. The number of amides is 2. The van der Waals surface area contributed by atoms with Crippen LogP contribution in [0.1, 0.15) is 37.0 Å². The molecule has 0 saturated carbocycles. The van der Waals surface area contributed by atoms with Gasteiger partial charge in [0.25, 0.3) is 5.91 Å². The van der Waals surface area contributed by atoms with E-state index in [1.54, 1.807) is 42.5 Å². The molecule has 0 fully saturated rings. The zero-order valence-electron chi connectivity index (χ0n) is 15.7. The molecule has 0 saturated heterocycles. The second-order valence-electron chi connectivity index (χ2n) is 5.87. The van der Waals surface area contributed by atoms with E-state index in [2.05, 4.69) is 31.9 Å². The number of hydrogen-bond donors (Lipinski definition) is 3. The fourth-order valence-electron chi connectivity index (χ4n) is 2.38. The Bertz CT molecular complexity index is 874. The zero-order valence-corrected chi connectivity index (χ0v) is 18.1. The van der Waals surface area contributed by atoms with Gasteiger partial charge in [-0.05, 0) is 77.9 Å². The van der Waals surface area contributed by atoms with Crippen molar-refractivity contribution in [3.8, 4) is 5.75 Å². The second-order valence-corrected chi connectivity index (χ2v) is 7.13. The topological polar surface area (TPSA) is 79.5 Å². The highest BCUT2D eigenvalue weighted by Crippen LogP contribution is 2.26. The van der Waals surface area contributed by atoms with E-state index >= 15 is 0 Å². The van der Waals surface area contributed by atoms with Gasteiger partial charge in [0.1, 0.15) is 5.75 Å². The Balaban J connectivity index is 1.97. The average Bonchev–Trinajstić information content (AvgIpc) is 2.63. The molecule has 6 nitrogen and oxygen atoms in total. The lowest BCUT2D eigenvalue weighted by Gasteiger charge is -2.12. The Morgan fingerprint density at radius 1 is 1.07 bits per heavy atom. The summed E-state index contributed by atoms with van der Waals surface area (Å²) >= 11 is 8.61. The molecule has 0 bridgehead atoms. The summed E-state index contributed by atoms with van der Waals surface area (Å²) < 4.78 is 6.13. The maximum atomic E-state index is 12.4. The van der Waals surface area contributed by atoms with E-state index < -0.39 is 0 Å². The number of rotatable bonds is 7. The molecule has 148 valence electrons. The van der Waals surface area contributed by atoms with Crippen molar-refractivity contribution in [3.63, 3.8) is 0 Å². The van der Waals surface area contributed by atoms with Crippen molar-refractivity contribution in [1.29, 1.82) is 0 Å². The Hall–Kier alpha value is -2.45. The Kier molecular flexibility index (Phi) is 8.41. The fourth-order valence-corrected chi connectivity index (χ4v) is 3.08. The van der Waals surface area contributed by atoms with Crippen molar-refractivity contribution in [2.24, 2.45) is 0 Å². The van der Waals surface area contributed by atoms with Gasteiger partial charge in [-0.1, -0.05) is 13.0 Å². The van der Waals surface area contributed by atoms with Crippen molar-refractivity contribution in [3.05, 3.63) is 52.5 Å². The third kappa shape index (κ3) is 6.61. The second kappa shape index (κ2) is 10.8. The van der Waals surface area contributed by atoms with Crippen LogP contribution in [0.3, 0.4) is 0 Å². The molecule has 0 aliphatic rings. The van der Waals surface area contributed by atoms with Gasteiger partial charge in [-0.3, -0.25) is 14.9 Å². The van der Waals surface area contributed by atoms with E-state index in [0.29, 0.717) is 40.2 Å². The average molecular weight is 464 g/mol. The van der Waals surface area contributed by atoms with Gasteiger partial charge in [0.2, 0.25) is 5.91 Å². The van der Waals surface area contributed by atoms with Gasteiger partial charge in [0.05, 0.1) is 11.1 Å². The normalized spacial score (nSPS) is 10.1. The SMILES string of the molecule is CCCC(=O)Nc1cccc(NC(=S)NC(=O)c2ccc(OCC)c(Br)c2)c1. The van der Waals surface area contributed by atoms with Crippen LogP contribution in [0.5, 0.6) is 5.75 Å². The summed E-state index contributed by atoms with van der Waals surface area (Å²) in [6.45, 7) is 4.37. The summed E-state index contributed by atoms with van der Waals surface area (Å²) in [5, 5.41) is 8.56. The van der Waals surface area contributed by atoms with Crippen molar-refractivity contribution in [2.75, 3.05) is 17.2 Å². The molecule has 0 aliphatic carbocycles. The van der Waals surface area contributed by atoms with Crippen LogP contribution in [0.2, 0.25) is 0 Å². The predicted octanol–water partition coefficient (Wildman–Crippen LogP) is 4.71. The molecule has 0 unspecified atom stereocenters. The molecule has 0 spiro atoms. The molecule has 0 aliphatic heterocycles. The molecular weight excluding hydrogens is 442 g/mol. The van der Waals surface area contributed by atoms with Gasteiger partial charge in [0.15, 0.2) is 5.11 Å². The molecule has 2 aromatic rings. The molecule has 8 heteroatoms. The molecule has 2 rings (SSSR count). The maximum Gasteiger partial charge on any atom is 0.257 e. The minimum atomic E-state index is -0.339. The van der Waals surface area contributed by atoms with E-state index in [-0.39, 0.29) is 16.9 Å². The van der Waals surface area contributed by atoms with Gasteiger partial charge in [-0.25, -0.2) is 0 Å². The third-order valence-corrected chi connectivity index (χ3v) is 4.43. The highest BCUT2D eigenvalue weighted by atomic mass is 79.9. The van der Waals surface area contributed by atoms with E-state index in [1.165, 1.54) is 0 Å². The first-order chi connectivity index (χ1) is 13.4. The van der Waals surface area contributed by atoms with Gasteiger partial charge < -0.3 is 15.4 Å². The van der Waals surface area contributed by atoms with Crippen molar-refractivity contribution in [2.45, 2.75) is 26.7 Å². The van der Waals surface area contributed by atoms with Crippen molar-refractivity contribution < 1.29 is 14.3 Å². The molecule has 0 heterocycles. The van der Waals surface area contributed by atoms with Gasteiger partial charge >= 0.3 is 0 Å². The molecule has 0 aromatic heterocycles. The van der Waals surface area contributed by atoms with Gasteiger partial charge in [0, 0.05) is 23.4 Å². The highest BCUT2D eigenvalue weighted by Gasteiger charge is 2.11. The molecule has 0 radical (unpaired) electrons. The van der Waals surface area contributed by atoms with Crippen LogP contribution in [-0.2, 0) is 4.79 Å². The number of anilines is 2. The van der Waals surface area contributed by atoms with Crippen LogP contribution in [0.25, 0.3) is 0 Å². The number of halogens is 1. The summed E-state index contributed by atoms with van der Waals surface area (Å²) in [7, 11) is 0. The first-order valence-electron chi connectivity index (χ1n) is 8.87. The van der Waals surface area contributed by atoms with Crippen LogP contribution in [0.15, 0.2) is 46.9 Å². The summed E-state index contributed by atoms with van der Waals surface area (Å²) in [4.78, 5) is 24.1. The third-order valence-electron chi connectivity index (χ3n) is 3.60. The smallest absolute Gasteiger partial charge is 0.257 e. The minimum absolute atomic E-state index is 0.0448. The Labute approximate surface area is 178 Å². The monoisotopic (exact) mass is 463 g/mol. The number of thiocarbonyl (C=S) groups is 1. The number of hydrogen-bond acceptors (Lipinski definition) is 4. The fraction of sp³-hybridized carbons (Fsp3) is 0.250. The Morgan fingerprint density at radius 3 is 2.43 bits per heavy atom. The highest BCUT2D eigenvalue weighted by molar-refractivity contribution is 9.10. The number of ether oxygens (including phenoxy) is 1. The lowest BCUT2D eigenvalue weighted by Crippen LogP contribution is -2.34. The Morgan fingerprint density at radius 2 is 1.79 bits per heavy atom. The van der Waals surface area contributed by atoms with E-state index in [0.717, 1.165) is 6.42 Å². The first kappa shape index (κ1) is 21.8. The van der Waals surface area contributed by atoms with Crippen LogP contribution in [-0.4, -0.2) is 23.5 Å². The number of carbonyl (C=O) groups excluding carboxylic acids is 2. The largest absolute Gasteiger partial charge is 0.493 e. The lowest BCUT2D eigenvalue weighted by atomic mass is 10.2. The van der Waals surface area contributed by atoms with Crippen molar-refractivity contribution >= 4 is 56.4 Å². The van der Waals surface area contributed by atoms with Gasteiger partial charge in [-0.2, -0.15) is 0 Å². The van der Waals surface area contributed by atoms with E-state index in [9.17, 15) is 9.59 Å². The first-order valence-corrected chi connectivity index (χ1v) is 10.1. The molecule has 2 aromatic carbocycles. The van der Waals surface area contributed by atoms with Crippen LogP contribution >= 0.6 is 28.1 Å². The molecule has 28 heavy (non-hydrogen) atoms. The maximum absolute atomic E-state index is 12.4. The number of nitrogens with one attached hydrogen (secondary N) is 3. The van der Waals surface area contributed by atoms with Gasteiger partial charge in [-0.15, -0.1) is 0 Å². The quantitative estimate of drug-likeness (QED) is 0.517. The lowest BCUT2D eigenvalue weighted by molar-refractivity contribution is -0.116. The van der Waals surface area contributed by atoms with Crippen LogP contribution in [0, 0.1) is 0 Å². The molecular formula is C20H22BrN3O3S. The zero-order chi connectivity index (χ0) is 20.5. The van der Waals surface area contributed by atoms with Crippen molar-refractivity contribution in [1.82, 2.24) is 5.32 Å². The summed E-state index contributed by atoms with van der Waals surface area (Å²) in [6.07, 6.45) is 1.24. The predicted molar refractivity (Wildman–Crippen MR) is 119 cm³/mol. The number of benzene rings is 2. The van der Waals surface area contributed by atoms with E-state index in [1.807, 2.05) is 13.8 Å². The minimum Gasteiger partial charge on any atom is -0.493 e.